The molecule has 0 saturated carbocycles. The van der Waals surface area contributed by atoms with Crippen molar-refractivity contribution in [2.24, 2.45) is 17.8 Å². The fraction of sp³-hybridized carbons (Fsp3) is 0.438. The van der Waals surface area contributed by atoms with Gasteiger partial charge in [0.1, 0.15) is 0 Å². The van der Waals surface area contributed by atoms with Crippen LogP contribution in [-0.4, -0.2) is 39.8 Å². The summed E-state index contributed by atoms with van der Waals surface area (Å²) in [4.78, 5) is 27.3. The van der Waals surface area contributed by atoms with Crippen LogP contribution in [0.5, 0.6) is 5.75 Å². The number of allylic oxidation sites excluding steroid dienone is 2. The molecule has 1 saturated heterocycles. The summed E-state index contributed by atoms with van der Waals surface area (Å²) in [7, 11) is 0. The number of fused-ring (bicyclic) bond motifs is 1. The molecule has 13 heteroatoms. The molecule has 0 unspecified atom stereocenters. The minimum absolute atomic E-state index is 0.0931. The SMILES string of the molecule is CCC/C(=C\c1ccc(O)c(F)c1)CC[C@@H](O)C1=C(C)C[C@H]2C(=O)N(c3cc(C(F)(F)F)cc(C(F)(F)F)c3)C(=O)[C@H]2[C@H]1CO. The molecule has 0 bridgehead atoms. The molecule has 45 heavy (non-hydrogen) atoms. The van der Waals surface area contributed by atoms with Crippen LogP contribution in [0.1, 0.15) is 62.6 Å². The first-order chi connectivity index (χ1) is 21.0. The highest BCUT2D eigenvalue weighted by molar-refractivity contribution is 6.22. The van der Waals surface area contributed by atoms with Crippen LogP contribution in [0.4, 0.5) is 36.4 Å². The van der Waals surface area contributed by atoms with Crippen LogP contribution in [0, 0.1) is 23.6 Å². The maximum atomic E-state index is 13.8. The zero-order valence-corrected chi connectivity index (χ0v) is 24.3. The van der Waals surface area contributed by atoms with Gasteiger partial charge in [-0.3, -0.25) is 9.59 Å². The smallest absolute Gasteiger partial charge is 0.416 e. The van der Waals surface area contributed by atoms with Gasteiger partial charge in [-0.15, -0.1) is 0 Å². The zero-order valence-electron chi connectivity index (χ0n) is 24.3. The van der Waals surface area contributed by atoms with Gasteiger partial charge in [-0.1, -0.05) is 36.6 Å². The fourth-order valence-corrected chi connectivity index (χ4v) is 6.36. The Bertz CT molecular complexity index is 1500. The van der Waals surface area contributed by atoms with Crippen molar-refractivity contribution in [1.82, 2.24) is 0 Å². The molecule has 2 aromatic rings. The summed E-state index contributed by atoms with van der Waals surface area (Å²) >= 11 is 0. The van der Waals surface area contributed by atoms with Crippen LogP contribution < -0.4 is 4.90 Å². The Labute approximate surface area is 254 Å². The summed E-state index contributed by atoms with van der Waals surface area (Å²) in [6.07, 6.45) is -8.21. The van der Waals surface area contributed by atoms with E-state index in [-0.39, 0.29) is 24.5 Å². The number of imide groups is 1. The lowest BCUT2D eigenvalue weighted by molar-refractivity contribution is -0.143. The molecule has 2 amide bonds. The van der Waals surface area contributed by atoms with Gasteiger partial charge >= 0.3 is 12.4 Å². The molecular weight excluding hydrogens is 611 g/mol. The van der Waals surface area contributed by atoms with Gasteiger partial charge in [-0.2, -0.15) is 26.3 Å². The summed E-state index contributed by atoms with van der Waals surface area (Å²) < 4.78 is 94.8. The number of benzene rings is 2. The Hall–Kier alpha value is -3.71. The number of phenols is 1. The number of anilines is 1. The van der Waals surface area contributed by atoms with Gasteiger partial charge in [0.15, 0.2) is 11.6 Å². The standard InChI is InChI=1S/C32H32F7NO5/c1-3-4-17(10-18-6-7-25(42)24(33)11-18)5-8-26(43)27-16(2)9-22-28(23(27)15-41)30(45)40(29(22)44)21-13-19(31(34,35)36)12-20(14-21)32(37,38)39/h6-7,10-14,22-23,26,28,41-43H,3-5,8-9,15H2,1-2H3/b17-10+/t22-,23+,26-,28-/m1/s1. The fourth-order valence-electron chi connectivity index (χ4n) is 6.36. The molecule has 1 aliphatic carbocycles. The van der Waals surface area contributed by atoms with Crippen molar-refractivity contribution in [3.05, 3.63) is 75.6 Å². The first-order valence-electron chi connectivity index (χ1n) is 14.3. The second-order valence-electron chi connectivity index (χ2n) is 11.5. The molecule has 0 spiro atoms. The molecule has 2 aliphatic rings. The number of nitrogens with zero attached hydrogens (tertiary/aromatic N) is 1. The molecule has 244 valence electrons. The van der Waals surface area contributed by atoms with E-state index in [1.54, 1.807) is 13.0 Å². The molecule has 3 N–H and O–H groups in total. The molecular formula is C32H32F7NO5. The largest absolute Gasteiger partial charge is 0.505 e. The van der Waals surface area contributed by atoms with Gasteiger partial charge in [-0.05, 0) is 74.1 Å². The Morgan fingerprint density at radius 1 is 1.00 bits per heavy atom. The lowest BCUT2D eigenvalue weighted by Crippen LogP contribution is -2.38. The third-order valence-electron chi connectivity index (χ3n) is 8.37. The summed E-state index contributed by atoms with van der Waals surface area (Å²) in [5.74, 6) is -6.93. The predicted octanol–water partition coefficient (Wildman–Crippen LogP) is 7.03. The lowest BCUT2D eigenvalue weighted by Gasteiger charge is -2.35. The zero-order chi connectivity index (χ0) is 33.4. The van der Waals surface area contributed by atoms with Gasteiger partial charge in [-0.25, -0.2) is 9.29 Å². The number of phenolic OH excluding ortho intramolecular Hbond substituents is 1. The number of hydrogen-bond donors (Lipinski definition) is 3. The van der Waals surface area contributed by atoms with Gasteiger partial charge in [0.05, 0.1) is 41.4 Å². The minimum atomic E-state index is -5.20. The Balaban J connectivity index is 1.62. The Kier molecular flexibility index (Phi) is 9.84. The second kappa shape index (κ2) is 13.0. The maximum absolute atomic E-state index is 13.8. The molecule has 2 aromatic carbocycles. The molecule has 4 rings (SSSR count). The van der Waals surface area contributed by atoms with Gasteiger partial charge < -0.3 is 15.3 Å². The molecule has 4 atom stereocenters. The number of aromatic hydroxyl groups is 1. The molecule has 0 aromatic heterocycles. The quantitative estimate of drug-likeness (QED) is 0.155. The van der Waals surface area contributed by atoms with E-state index < -0.39 is 83.0 Å². The lowest BCUT2D eigenvalue weighted by atomic mass is 9.68. The van der Waals surface area contributed by atoms with Crippen LogP contribution in [0.2, 0.25) is 0 Å². The summed E-state index contributed by atoms with van der Waals surface area (Å²) in [6.45, 7) is 2.80. The number of halogens is 7. The highest BCUT2D eigenvalue weighted by Gasteiger charge is 2.55. The highest BCUT2D eigenvalue weighted by Crippen LogP contribution is 2.48. The van der Waals surface area contributed by atoms with Crippen LogP contribution in [-0.2, 0) is 21.9 Å². The minimum Gasteiger partial charge on any atom is -0.505 e. The van der Waals surface area contributed by atoms with Crippen molar-refractivity contribution in [2.45, 2.75) is 64.4 Å². The van der Waals surface area contributed by atoms with Crippen LogP contribution in [0.15, 0.2) is 53.1 Å². The topological polar surface area (TPSA) is 98.1 Å². The number of alkyl halides is 6. The van der Waals surface area contributed by atoms with Crippen molar-refractivity contribution in [3.63, 3.8) is 0 Å². The monoisotopic (exact) mass is 643 g/mol. The Morgan fingerprint density at radius 2 is 1.62 bits per heavy atom. The van der Waals surface area contributed by atoms with E-state index in [9.17, 15) is 55.6 Å². The first-order valence-corrected chi connectivity index (χ1v) is 14.3. The third-order valence-corrected chi connectivity index (χ3v) is 8.37. The molecule has 1 fully saturated rings. The van der Waals surface area contributed by atoms with Crippen molar-refractivity contribution >= 4 is 23.6 Å². The van der Waals surface area contributed by atoms with E-state index in [4.69, 9.17) is 0 Å². The number of carbonyl (C=O) groups is 2. The van der Waals surface area contributed by atoms with E-state index in [1.165, 1.54) is 12.1 Å². The molecule has 1 heterocycles. The highest BCUT2D eigenvalue weighted by atomic mass is 19.4. The van der Waals surface area contributed by atoms with Crippen molar-refractivity contribution in [2.75, 3.05) is 11.5 Å². The normalized spacial score (nSPS) is 21.9. The molecule has 0 radical (unpaired) electrons. The van der Waals surface area contributed by atoms with E-state index in [0.717, 1.165) is 18.1 Å². The van der Waals surface area contributed by atoms with Crippen LogP contribution in [0.3, 0.4) is 0 Å². The van der Waals surface area contributed by atoms with Gasteiger partial charge in [0.25, 0.3) is 0 Å². The van der Waals surface area contributed by atoms with Gasteiger partial charge in [0, 0.05) is 5.92 Å². The average molecular weight is 644 g/mol. The van der Waals surface area contributed by atoms with Crippen molar-refractivity contribution < 1.29 is 55.6 Å². The predicted molar refractivity (Wildman–Crippen MR) is 150 cm³/mol. The second-order valence-corrected chi connectivity index (χ2v) is 11.5. The molecule has 6 nitrogen and oxygen atoms in total. The third kappa shape index (κ3) is 7.09. The van der Waals surface area contributed by atoms with Crippen LogP contribution in [0.25, 0.3) is 6.08 Å². The number of amides is 2. The first kappa shape index (κ1) is 34.2. The van der Waals surface area contributed by atoms with E-state index in [0.29, 0.717) is 41.0 Å². The molecule has 1 aliphatic heterocycles. The maximum Gasteiger partial charge on any atom is 0.416 e. The Morgan fingerprint density at radius 3 is 2.16 bits per heavy atom. The van der Waals surface area contributed by atoms with Crippen molar-refractivity contribution in [3.8, 4) is 5.75 Å². The average Bonchev–Trinajstić information content (AvgIpc) is 3.20. The number of rotatable bonds is 9. The van der Waals surface area contributed by atoms with Crippen LogP contribution >= 0.6 is 0 Å². The van der Waals surface area contributed by atoms with E-state index in [1.807, 2.05) is 6.92 Å². The summed E-state index contributed by atoms with van der Waals surface area (Å²) in [5.41, 5.74) is -2.14. The number of aliphatic hydroxyl groups is 2. The summed E-state index contributed by atoms with van der Waals surface area (Å²) in [6, 6.07) is 4.43. The number of carbonyl (C=O) groups excluding carboxylic acids is 2. The van der Waals surface area contributed by atoms with Crippen molar-refractivity contribution in [1.29, 1.82) is 0 Å². The van der Waals surface area contributed by atoms with E-state index in [2.05, 4.69) is 0 Å². The number of hydrogen-bond acceptors (Lipinski definition) is 5. The summed E-state index contributed by atoms with van der Waals surface area (Å²) in [5, 5.41) is 31.1. The van der Waals surface area contributed by atoms with Gasteiger partial charge in [0.2, 0.25) is 11.8 Å². The van der Waals surface area contributed by atoms with E-state index >= 15 is 0 Å². The number of aliphatic hydroxyl groups excluding tert-OH is 2.